The van der Waals surface area contributed by atoms with Gasteiger partial charge in [-0.3, -0.25) is 4.79 Å². The molecule has 1 amide bonds. The van der Waals surface area contributed by atoms with Crippen molar-refractivity contribution in [3.63, 3.8) is 0 Å². The number of methoxy groups -OCH3 is 1. The zero-order valence-corrected chi connectivity index (χ0v) is 20.3. The van der Waals surface area contributed by atoms with Crippen molar-refractivity contribution in [1.82, 2.24) is 5.01 Å². The Hall–Kier alpha value is -3.35. The Kier molecular flexibility index (Phi) is 6.26. The van der Waals surface area contributed by atoms with Crippen molar-refractivity contribution in [2.45, 2.75) is 19.4 Å². The van der Waals surface area contributed by atoms with Crippen molar-refractivity contribution in [3.8, 4) is 5.75 Å². The molecule has 0 aromatic heterocycles. The zero-order valence-electron chi connectivity index (χ0n) is 18.7. The summed E-state index contributed by atoms with van der Waals surface area (Å²) < 4.78 is 5.29. The second-order valence-electron chi connectivity index (χ2n) is 8.06. The number of amides is 1. The van der Waals surface area contributed by atoms with Crippen molar-refractivity contribution >= 4 is 46.2 Å². The summed E-state index contributed by atoms with van der Waals surface area (Å²) in [6.07, 6.45) is 2.58. The van der Waals surface area contributed by atoms with Gasteiger partial charge in [-0.25, -0.2) is 5.01 Å². The van der Waals surface area contributed by atoms with Gasteiger partial charge in [0.15, 0.2) is 5.17 Å². The van der Waals surface area contributed by atoms with E-state index in [-0.39, 0.29) is 11.9 Å². The Morgan fingerprint density at radius 1 is 1.06 bits per heavy atom. The highest BCUT2D eigenvalue weighted by Crippen LogP contribution is 2.40. The van der Waals surface area contributed by atoms with Crippen LogP contribution in [0.1, 0.15) is 34.7 Å². The molecule has 3 aromatic rings. The topological polar surface area (TPSA) is 54.3 Å². The first-order chi connectivity index (χ1) is 16.5. The minimum atomic E-state index is -0.244. The summed E-state index contributed by atoms with van der Waals surface area (Å²) >= 11 is 7.49. The molecule has 0 spiro atoms. The third-order valence-corrected chi connectivity index (χ3v) is 7.09. The number of aliphatic imine (C=N–C) groups is 1. The fourth-order valence-corrected chi connectivity index (χ4v) is 5.01. The van der Waals surface area contributed by atoms with Gasteiger partial charge >= 0.3 is 0 Å². The maximum Gasteiger partial charge on any atom is 0.286 e. The lowest BCUT2D eigenvalue weighted by molar-refractivity contribution is -0.113. The molecule has 2 heterocycles. The molecule has 0 aliphatic carbocycles. The number of aryl methyl sites for hydroxylation is 1. The molecule has 1 unspecified atom stereocenters. The van der Waals surface area contributed by atoms with Crippen LogP contribution in [0.25, 0.3) is 6.08 Å². The van der Waals surface area contributed by atoms with Crippen molar-refractivity contribution in [2.24, 2.45) is 10.1 Å². The van der Waals surface area contributed by atoms with Crippen molar-refractivity contribution in [3.05, 3.63) is 105 Å². The van der Waals surface area contributed by atoms with Crippen LogP contribution in [0.2, 0.25) is 5.02 Å². The molecule has 7 heteroatoms. The number of benzene rings is 3. The van der Waals surface area contributed by atoms with Crippen LogP contribution in [0.15, 0.2) is 87.8 Å². The average Bonchev–Trinajstić information content (AvgIpc) is 3.45. The Balaban J connectivity index is 1.48. The number of nitrogens with zero attached hydrogens (tertiary/aromatic N) is 3. The van der Waals surface area contributed by atoms with Crippen molar-refractivity contribution in [1.29, 1.82) is 0 Å². The number of thioether (sulfide) groups is 1. The predicted octanol–water partition coefficient (Wildman–Crippen LogP) is 6.48. The van der Waals surface area contributed by atoms with E-state index in [1.807, 2.05) is 90.8 Å². The first kappa shape index (κ1) is 22.4. The van der Waals surface area contributed by atoms with Gasteiger partial charge in [0.1, 0.15) is 5.75 Å². The van der Waals surface area contributed by atoms with Crippen LogP contribution >= 0.6 is 23.4 Å². The average molecular weight is 488 g/mol. The molecule has 0 saturated carbocycles. The molecule has 0 N–H and O–H groups in total. The fourth-order valence-electron chi connectivity index (χ4n) is 3.98. The number of amidine groups is 1. The highest BCUT2D eigenvalue weighted by molar-refractivity contribution is 8.18. The summed E-state index contributed by atoms with van der Waals surface area (Å²) in [5.41, 5.74) is 5.11. The normalized spacial score (nSPS) is 18.9. The summed E-state index contributed by atoms with van der Waals surface area (Å²) in [6.45, 7) is 2.03. The molecule has 2 aliphatic heterocycles. The predicted molar refractivity (Wildman–Crippen MR) is 139 cm³/mol. The van der Waals surface area contributed by atoms with E-state index in [1.54, 1.807) is 7.11 Å². The molecule has 2 aliphatic rings. The van der Waals surface area contributed by atoms with E-state index in [1.165, 1.54) is 11.8 Å². The zero-order chi connectivity index (χ0) is 23.7. The maximum absolute atomic E-state index is 12.8. The van der Waals surface area contributed by atoms with Gasteiger partial charge in [0, 0.05) is 11.4 Å². The molecule has 5 rings (SSSR count). The van der Waals surface area contributed by atoms with Gasteiger partial charge in [0.25, 0.3) is 5.91 Å². The van der Waals surface area contributed by atoms with Crippen LogP contribution in [0, 0.1) is 6.92 Å². The highest BCUT2D eigenvalue weighted by atomic mass is 35.5. The lowest BCUT2D eigenvalue weighted by atomic mass is 9.98. The Morgan fingerprint density at radius 3 is 2.50 bits per heavy atom. The number of carbonyl (C=O) groups excluding carboxylic acids is 1. The third kappa shape index (κ3) is 4.52. The van der Waals surface area contributed by atoms with Crippen molar-refractivity contribution < 1.29 is 9.53 Å². The van der Waals surface area contributed by atoms with Gasteiger partial charge in [-0.05, 0) is 83.4 Å². The van der Waals surface area contributed by atoms with Gasteiger partial charge in [-0.2, -0.15) is 10.1 Å². The van der Waals surface area contributed by atoms with Crippen LogP contribution in [-0.2, 0) is 4.79 Å². The number of ether oxygens (including phenoxy) is 1. The summed E-state index contributed by atoms with van der Waals surface area (Å²) in [6, 6.07) is 23.5. The molecule has 0 bridgehead atoms. The van der Waals surface area contributed by atoms with Gasteiger partial charge in [-0.15, -0.1) is 0 Å². The number of halogens is 1. The van der Waals surface area contributed by atoms with Crippen LogP contribution in [0.3, 0.4) is 0 Å². The first-order valence-corrected chi connectivity index (χ1v) is 12.1. The SMILES string of the molecule is COc1ccc(C2=NN(C3=NC(=O)/C(=C/c4ccccc4C)S3)C(c3ccc(Cl)cc3)C2)cc1. The molecular weight excluding hydrogens is 466 g/mol. The summed E-state index contributed by atoms with van der Waals surface area (Å²) in [4.78, 5) is 17.7. The fraction of sp³-hybridized carbons (Fsp3) is 0.148. The summed E-state index contributed by atoms with van der Waals surface area (Å²) in [5.74, 6) is 0.548. The third-order valence-electron chi connectivity index (χ3n) is 5.87. The van der Waals surface area contributed by atoms with Crippen LogP contribution in [-0.4, -0.2) is 28.9 Å². The van der Waals surface area contributed by atoms with Gasteiger partial charge < -0.3 is 4.74 Å². The van der Waals surface area contributed by atoms with E-state index < -0.39 is 0 Å². The molecule has 5 nitrogen and oxygen atoms in total. The smallest absolute Gasteiger partial charge is 0.286 e. The molecule has 1 atom stereocenters. The largest absolute Gasteiger partial charge is 0.497 e. The van der Waals surface area contributed by atoms with E-state index in [4.69, 9.17) is 21.4 Å². The highest BCUT2D eigenvalue weighted by Gasteiger charge is 2.36. The van der Waals surface area contributed by atoms with E-state index in [9.17, 15) is 4.79 Å². The minimum Gasteiger partial charge on any atom is -0.497 e. The first-order valence-electron chi connectivity index (χ1n) is 10.9. The lowest BCUT2D eigenvalue weighted by Gasteiger charge is -2.22. The lowest BCUT2D eigenvalue weighted by Crippen LogP contribution is -2.23. The van der Waals surface area contributed by atoms with Gasteiger partial charge in [0.2, 0.25) is 0 Å². The van der Waals surface area contributed by atoms with Crippen LogP contribution in [0.4, 0.5) is 0 Å². The summed E-state index contributed by atoms with van der Waals surface area (Å²) in [7, 11) is 1.65. The number of rotatable bonds is 4. The van der Waals surface area contributed by atoms with Crippen LogP contribution < -0.4 is 4.74 Å². The van der Waals surface area contributed by atoms with E-state index in [0.29, 0.717) is 21.5 Å². The minimum absolute atomic E-state index is 0.0915. The van der Waals surface area contributed by atoms with Crippen LogP contribution in [0.5, 0.6) is 5.75 Å². The monoisotopic (exact) mass is 487 g/mol. The number of hydrazone groups is 1. The Morgan fingerprint density at radius 2 is 1.79 bits per heavy atom. The molecule has 3 aromatic carbocycles. The molecule has 0 saturated heterocycles. The maximum atomic E-state index is 12.8. The van der Waals surface area contributed by atoms with Gasteiger partial charge in [-0.1, -0.05) is 48.0 Å². The molecule has 0 radical (unpaired) electrons. The second kappa shape index (κ2) is 9.49. The summed E-state index contributed by atoms with van der Waals surface area (Å²) in [5, 5.41) is 8.03. The van der Waals surface area contributed by atoms with E-state index in [2.05, 4.69) is 4.99 Å². The second-order valence-corrected chi connectivity index (χ2v) is 9.50. The molecular formula is C27H22ClN3O2S. The molecule has 34 heavy (non-hydrogen) atoms. The Bertz CT molecular complexity index is 1330. The standard InChI is InChI=1S/C27H22ClN3O2S/c1-17-5-3-4-6-20(17)15-25-26(32)29-27(34-25)31-24(19-7-11-21(28)12-8-19)16-23(30-31)18-9-13-22(33-2)14-10-18/h3-15,24H,16H2,1-2H3/b25-15-. The Labute approximate surface area is 207 Å². The number of carbonyl (C=O) groups is 1. The number of hydrogen-bond donors (Lipinski definition) is 0. The molecule has 170 valence electrons. The molecule has 0 fully saturated rings. The van der Waals surface area contributed by atoms with E-state index >= 15 is 0 Å². The quantitative estimate of drug-likeness (QED) is 0.395. The van der Waals surface area contributed by atoms with E-state index in [0.717, 1.165) is 33.7 Å². The number of hydrogen-bond acceptors (Lipinski definition) is 5. The van der Waals surface area contributed by atoms with Gasteiger partial charge in [0.05, 0.1) is 23.8 Å². The van der Waals surface area contributed by atoms with Crippen molar-refractivity contribution in [2.75, 3.05) is 7.11 Å².